The Morgan fingerprint density at radius 3 is 2.56 bits per heavy atom. The molecule has 1 aromatic carbocycles. The third kappa shape index (κ3) is 4.87. The Hall–Kier alpha value is -2.84. The number of halogens is 3. The lowest BCUT2D eigenvalue weighted by Gasteiger charge is -2.19. The topological polar surface area (TPSA) is 84.2 Å². The van der Waals surface area contributed by atoms with Crippen molar-refractivity contribution in [3.63, 3.8) is 0 Å². The van der Waals surface area contributed by atoms with Crippen molar-refractivity contribution >= 4 is 17.6 Å². The number of anilines is 1. The molecule has 27 heavy (non-hydrogen) atoms. The molecule has 1 aromatic heterocycles. The minimum atomic E-state index is -4.44. The first-order chi connectivity index (χ1) is 12.4. The van der Waals surface area contributed by atoms with Crippen LogP contribution in [0.1, 0.15) is 31.9 Å². The average molecular weight is 383 g/mol. The van der Waals surface area contributed by atoms with Gasteiger partial charge in [-0.3, -0.25) is 9.48 Å². The molecule has 2 aromatic rings. The van der Waals surface area contributed by atoms with Crippen molar-refractivity contribution in [3.8, 4) is 0 Å². The van der Waals surface area contributed by atoms with Gasteiger partial charge in [-0.15, -0.1) is 0 Å². The molecule has 0 aliphatic carbocycles. The lowest BCUT2D eigenvalue weighted by molar-refractivity contribution is -0.146. The van der Waals surface area contributed by atoms with E-state index in [2.05, 4.69) is 10.4 Å². The van der Waals surface area contributed by atoms with Crippen LogP contribution in [0.2, 0.25) is 0 Å². The summed E-state index contributed by atoms with van der Waals surface area (Å²) in [6.45, 7) is 4.52. The van der Waals surface area contributed by atoms with Gasteiger partial charge in [-0.25, -0.2) is 4.79 Å². The molecule has 146 valence electrons. The predicted molar refractivity (Wildman–Crippen MR) is 92.1 cm³/mol. The van der Waals surface area contributed by atoms with E-state index in [4.69, 9.17) is 0 Å². The summed E-state index contributed by atoms with van der Waals surface area (Å²) in [6, 6.07) is 4.84. The van der Waals surface area contributed by atoms with Crippen LogP contribution in [0, 0.1) is 5.92 Å². The monoisotopic (exact) mass is 383 g/mol. The van der Waals surface area contributed by atoms with E-state index in [-0.39, 0.29) is 6.42 Å². The van der Waals surface area contributed by atoms with Crippen LogP contribution in [0.3, 0.4) is 0 Å². The van der Waals surface area contributed by atoms with Crippen molar-refractivity contribution in [3.05, 3.63) is 47.8 Å². The molecule has 0 bridgehead atoms. The maximum absolute atomic E-state index is 12.8. The summed E-state index contributed by atoms with van der Waals surface area (Å²) in [5.41, 5.74) is -1.34. The molecule has 2 N–H and O–H groups in total. The van der Waals surface area contributed by atoms with Gasteiger partial charge >= 0.3 is 12.1 Å². The fraction of sp³-hybridized carbons (Fsp3) is 0.389. The van der Waals surface area contributed by atoms with Crippen molar-refractivity contribution in [1.29, 1.82) is 0 Å². The summed E-state index contributed by atoms with van der Waals surface area (Å²) < 4.78 is 39.5. The summed E-state index contributed by atoms with van der Waals surface area (Å²) >= 11 is 0. The Kier molecular flexibility index (Phi) is 5.62. The van der Waals surface area contributed by atoms with Gasteiger partial charge in [0.2, 0.25) is 5.91 Å². The number of carboxylic acids is 1. The second-order valence-corrected chi connectivity index (χ2v) is 6.83. The number of carbonyl (C=O) groups is 2. The number of carboxylic acid groups (broad SMARTS) is 1. The molecule has 0 saturated carbocycles. The fourth-order valence-electron chi connectivity index (χ4n) is 2.38. The first-order valence-electron chi connectivity index (χ1n) is 8.17. The Morgan fingerprint density at radius 1 is 1.30 bits per heavy atom. The van der Waals surface area contributed by atoms with Crippen LogP contribution in [-0.4, -0.2) is 26.8 Å². The van der Waals surface area contributed by atoms with Gasteiger partial charge in [0.05, 0.1) is 17.4 Å². The summed E-state index contributed by atoms with van der Waals surface area (Å²) in [4.78, 5) is 23.5. The molecular weight excluding hydrogens is 363 g/mol. The number of rotatable bonds is 6. The Bertz CT molecular complexity index is 844. The van der Waals surface area contributed by atoms with E-state index in [1.165, 1.54) is 43.1 Å². The SMILES string of the molecule is CC(Cc1cccc(C(F)(F)F)c1)C(=O)Nc1cnn(C(C)(C)C(=O)O)c1. The molecule has 0 spiro atoms. The van der Waals surface area contributed by atoms with Crippen molar-refractivity contribution < 1.29 is 27.9 Å². The maximum atomic E-state index is 12.8. The third-order valence-electron chi connectivity index (χ3n) is 4.19. The van der Waals surface area contributed by atoms with Crippen molar-refractivity contribution in [2.24, 2.45) is 5.92 Å². The van der Waals surface area contributed by atoms with Gasteiger partial charge in [0.1, 0.15) is 0 Å². The molecule has 0 aliphatic rings. The average Bonchev–Trinajstić information content (AvgIpc) is 3.03. The Morgan fingerprint density at radius 2 is 1.96 bits per heavy atom. The smallest absolute Gasteiger partial charge is 0.416 e. The number of aromatic nitrogens is 2. The molecule has 0 fully saturated rings. The van der Waals surface area contributed by atoms with Crippen LogP contribution < -0.4 is 5.32 Å². The highest BCUT2D eigenvalue weighted by Crippen LogP contribution is 2.30. The van der Waals surface area contributed by atoms with Gasteiger partial charge in [0.25, 0.3) is 0 Å². The minimum absolute atomic E-state index is 0.129. The maximum Gasteiger partial charge on any atom is 0.416 e. The molecule has 0 aliphatic heterocycles. The number of carbonyl (C=O) groups excluding carboxylic acids is 1. The van der Waals surface area contributed by atoms with E-state index in [1.54, 1.807) is 6.92 Å². The van der Waals surface area contributed by atoms with Gasteiger partial charge in [0.15, 0.2) is 5.54 Å². The van der Waals surface area contributed by atoms with Crippen molar-refractivity contribution in [2.45, 2.75) is 38.9 Å². The number of hydrogen-bond donors (Lipinski definition) is 2. The molecule has 9 heteroatoms. The zero-order valence-electron chi connectivity index (χ0n) is 15.0. The van der Waals surface area contributed by atoms with Crippen molar-refractivity contribution in [1.82, 2.24) is 9.78 Å². The number of benzene rings is 1. The fourth-order valence-corrected chi connectivity index (χ4v) is 2.38. The molecule has 1 amide bonds. The number of nitrogens with zero attached hydrogens (tertiary/aromatic N) is 2. The Labute approximate surface area is 154 Å². The number of aliphatic carboxylic acids is 1. The van der Waals surface area contributed by atoms with Crippen LogP contribution in [0.4, 0.5) is 18.9 Å². The van der Waals surface area contributed by atoms with E-state index in [0.717, 1.165) is 12.1 Å². The molecule has 2 rings (SSSR count). The second-order valence-electron chi connectivity index (χ2n) is 6.83. The van der Waals surface area contributed by atoms with Crippen LogP contribution in [0.5, 0.6) is 0 Å². The van der Waals surface area contributed by atoms with E-state index in [1.807, 2.05) is 0 Å². The van der Waals surface area contributed by atoms with Crippen LogP contribution in [0.25, 0.3) is 0 Å². The summed E-state index contributed by atoms with van der Waals surface area (Å²) in [5, 5.41) is 15.7. The van der Waals surface area contributed by atoms with Gasteiger partial charge in [-0.2, -0.15) is 18.3 Å². The molecule has 1 atom stereocenters. The number of hydrogen-bond acceptors (Lipinski definition) is 3. The van der Waals surface area contributed by atoms with Crippen molar-refractivity contribution in [2.75, 3.05) is 5.32 Å². The van der Waals surface area contributed by atoms with E-state index < -0.39 is 35.1 Å². The highest BCUT2D eigenvalue weighted by molar-refractivity contribution is 5.92. The van der Waals surface area contributed by atoms with E-state index in [9.17, 15) is 27.9 Å². The molecule has 6 nitrogen and oxygen atoms in total. The highest BCUT2D eigenvalue weighted by atomic mass is 19.4. The summed E-state index contributed by atoms with van der Waals surface area (Å²) in [7, 11) is 0. The number of nitrogens with one attached hydrogen (secondary N) is 1. The summed E-state index contributed by atoms with van der Waals surface area (Å²) in [6.07, 6.45) is -1.60. The zero-order valence-corrected chi connectivity index (χ0v) is 15.0. The van der Waals surface area contributed by atoms with E-state index in [0.29, 0.717) is 11.3 Å². The normalized spacial score (nSPS) is 13.3. The van der Waals surface area contributed by atoms with E-state index >= 15 is 0 Å². The second kappa shape index (κ2) is 7.42. The first-order valence-corrected chi connectivity index (χ1v) is 8.17. The van der Waals surface area contributed by atoms with Crippen LogP contribution in [0.15, 0.2) is 36.7 Å². The third-order valence-corrected chi connectivity index (χ3v) is 4.19. The molecule has 1 heterocycles. The molecule has 1 unspecified atom stereocenters. The molecular formula is C18H20F3N3O3. The quantitative estimate of drug-likeness (QED) is 0.799. The molecule has 0 saturated heterocycles. The standard InChI is InChI=1S/C18H20F3N3O3/c1-11(7-12-5-4-6-13(8-12)18(19,20)21)15(25)23-14-9-22-24(10-14)17(2,3)16(26)27/h4-6,8-11H,7H2,1-3H3,(H,23,25)(H,26,27). The number of alkyl halides is 3. The number of amides is 1. The van der Waals surface area contributed by atoms with Crippen LogP contribution in [-0.2, 0) is 27.7 Å². The predicted octanol–water partition coefficient (Wildman–Crippen LogP) is 3.54. The van der Waals surface area contributed by atoms with Crippen LogP contribution >= 0.6 is 0 Å². The van der Waals surface area contributed by atoms with Gasteiger partial charge in [-0.05, 0) is 31.9 Å². The molecule has 0 radical (unpaired) electrons. The van der Waals surface area contributed by atoms with Gasteiger partial charge in [0, 0.05) is 12.1 Å². The van der Waals surface area contributed by atoms with Gasteiger partial charge < -0.3 is 10.4 Å². The summed E-state index contributed by atoms with van der Waals surface area (Å²) in [5.74, 6) is -2.08. The largest absolute Gasteiger partial charge is 0.479 e. The lowest BCUT2D eigenvalue weighted by Crippen LogP contribution is -2.35. The first kappa shape index (κ1) is 20.5. The highest BCUT2D eigenvalue weighted by Gasteiger charge is 2.31. The van der Waals surface area contributed by atoms with Gasteiger partial charge in [-0.1, -0.05) is 25.1 Å². The zero-order chi connectivity index (χ0) is 20.4. The lowest BCUT2D eigenvalue weighted by atomic mass is 9.98. The minimum Gasteiger partial charge on any atom is -0.479 e. The Balaban J connectivity index is 2.05.